The van der Waals surface area contributed by atoms with Gasteiger partial charge in [-0.1, -0.05) is 29.3 Å². The lowest BCUT2D eigenvalue weighted by Crippen LogP contribution is -1.94. The van der Waals surface area contributed by atoms with Crippen LogP contribution >= 0.6 is 23.2 Å². The molecule has 6 nitrogen and oxygen atoms in total. The molecule has 0 radical (unpaired) electrons. The number of halogens is 2. The van der Waals surface area contributed by atoms with Gasteiger partial charge in [0.1, 0.15) is 10.8 Å². The standard InChI is InChI=1S/C14H11Cl2N3O3/c1-22-14-5-3-10(7-12(14)16)18-17-8-9-2-4-11(15)13(6-9)19(20)21/h2-8,18H,1H3/b17-8+. The Bertz CT molecular complexity index is 735. The molecule has 0 aliphatic carbocycles. The zero-order valence-electron chi connectivity index (χ0n) is 11.4. The lowest BCUT2D eigenvalue weighted by atomic mass is 10.2. The maximum absolute atomic E-state index is 10.8. The second kappa shape index (κ2) is 7.11. The minimum absolute atomic E-state index is 0.0806. The molecule has 0 atom stereocenters. The van der Waals surface area contributed by atoms with Crippen LogP contribution < -0.4 is 10.2 Å². The number of rotatable bonds is 5. The van der Waals surface area contributed by atoms with E-state index in [4.69, 9.17) is 27.9 Å². The number of nitro groups is 1. The molecule has 0 bridgehead atoms. The predicted octanol–water partition coefficient (Wildman–Crippen LogP) is 4.36. The molecule has 0 aliphatic rings. The summed E-state index contributed by atoms with van der Waals surface area (Å²) in [5.41, 5.74) is 3.81. The second-order valence-electron chi connectivity index (χ2n) is 4.19. The van der Waals surface area contributed by atoms with Crippen molar-refractivity contribution in [3.8, 4) is 5.75 Å². The van der Waals surface area contributed by atoms with Crippen molar-refractivity contribution in [2.75, 3.05) is 12.5 Å². The first kappa shape index (κ1) is 16.1. The maximum atomic E-state index is 10.8. The van der Waals surface area contributed by atoms with Gasteiger partial charge >= 0.3 is 0 Å². The van der Waals surface area contributed by atoms with Gasteiger partial charge in [0, 0.05) is 11.6 Å². The molecule has 0 aromatic heterocycles. The Hall–Kier alpha value is -2.31. The van der Waals surface area contributed by atoms with Crippen LogP contribution in [0.5, 0.6) is 5.75 Å². The van der Waals surface area contributed by atoms with E-state index in [1.165, 1.54) is 25.5 Å². The number of methoxy groups -OCH3 is 1. The van der Waals surface area contributed by atoms with E-state index >= 15 is 0 Å². The highest BCUT2D eigenvalue weighted by atomic mass is 35.5. The molecule has 1 N–H and O–H groups in total. The van der Waals surface area contributed by atoms with Crippen LogP contribution in [0, 0.1) is 10.1 Å². The third-order valence-corrected chi connectivity index (χ3v) is 3.34. The van der Waals surface area contributed by atoms with Crippen molar-refractivity contribution in [3.05, 3.63) is 62.1 Å². The Balaban J connectivity index is 2.11. The quantitative estimate of drug-likeness (QED) is 0.498. The number of hydrogen-bond donors (Lipinski definition) is 1. The molecule has 2 aromatic rings. The van der Waals surface area contributed by atoms with Gasteiger partial charge in [0.05, 0.1) is 29.0 Å². The minimum Gasteiger partial charge on any atom is -0.495 e. The Kier molecular flexibility index (Phi) is 5.19. The summed E-state index contributed by atoms with van der Waals surface area (Å²) in [5.74, 6) is 0.560. The largest absolute Gasteiger partial charge is 0.495 e. The van der Waals surface area contributed by atoms with Gasteiger partial charge in [-0.25, -0.2) is 0 Å². The van der Waals surface area contributed by atoms with Crippen LogP contribution in [0.15, 0.2) is 41.5 Å². The number of ether oxygens (including phenoxy) is 1. The average molecular weight is 340 g/mol. The summed E-state index contributed by atoms with van der Waals surface area (Å²) in [6.45, 7) is 0. The van der Waals surface area contributed by atoms with E-state index < -0.39 is 4.92 Å². The summed E-state index contributed by atoms with van der Waals surface area (Å²) in [6, 6.07) is 9.52. The Morgan fingerprint density at radius 3 is 2.64 bits per heavy atom. The molecule has 22 heavy (non-hydrogen) atoms. The van der Waals surface area contributed by atoms with Gasteiger partial charge in [-0.2, -0.15) is 5.10 Å². The monoisotopic (exact) mass is 339 g/mol. The lowest BCUT2D eigenvalue weighted by molar-refractivity contribution is -0.384. The summed E-state index contributed by atoms with van der Waals surface area (Å²) in [5, 5.41) is 15.3. The average Bonchev–Trinajstić information content (AvgIpc) is 2.49. The lowest BCUT2D eigenvalue weighted by Gasteiger charge is -2.05. The molecule has 0 amide bonds. The smallest absolute Gasteiger partial charge is 0.288 e. The number of nitrogens with one attached hydrogen (secondary N) is 1. The van der Waals surface area contributed by atoms with E-state index in [0.29, 0.717) is 22.0 Å². The van der Waals surface area contributed by atoms with Gasteiger partial charge in [0.15, 0.2) is 0 Å². The van der Waals surface area contributed by atoms with Gasteiger partial charge in [0.2, 0.25) is 0 Å². The van der Waals surface area contributed by atoms with Crippen molar-refractivity contribution in [2.45, 2.75) is 0 Å². The molecule has 0 saturated carbocycles. The van der Waals surface area contributed by atoms with E-state index in [-0.39, 0.29) is 10.7 Å². The van der Waals surface area contributed by atoms with E-state index in [9.17, 15) is 10.1 Å². The molecule has 8 heteroatoms. The van der Waals surface area contributed by atoms with Gasteiger partial charge in [-0.3, -0.25) is 15.5 Å². The van der Waals surface area contributed by atoms with Crippen molar-refractivity contribution >= 4 is 40.8 Å². The van der Waals surface area contributed by atoms with Gasteiger partial charge in [0.25, 0.3) is 5.69 Å². The maximum Gasteiger partial charge on any atom is 0.288 e. The van der Waals surface area contributed by atoms with Crippen LogP contribution in [0.1, 0.15) is 5.56 Å². The number of benzene rings is 2. The van der Waals surface area contributed by atoms with E-state index in [1.54, 1.807) is 24.3 Å². The summed E-state index contributed by atoms with van der Waals surface area (Å²) in [7, 11) is 1.53. The fourth-order valence-corrected chi connectivity index (χ4v) is 2.11. The normalized spacial score (nSPS) is 10.7. The molecule has 2 rings (SSSR count). The predicted molar refractivity (Wildman–Crippen MR) is 87.3 cm³/mol. The van der Waals surface area contributed by atoms with Gasteiger partial charge < -0.3 is 4.74 Å². The van der Waals surface area contributed by atoms with E-state index in [1.807, 2.05) is 0 Å². The van der Waals surface area contributed by atoms with Crippen molar-refractivity contribution in [1.29, 1.82) is 0 Å². The van der Waals surface area contributed by atoms with Crippen LogP contribution in [0.25, 0.3) is 0 Å². The summed E-state index contributed by atoms with van der Waals surface area (Å²) >= 11 is 11.7. The van der Waals surface area contributed by atoms with Crippen LogP contribution in [0.4, 0.5) is 11.4 Å². The number of hydrogen-bond acceptors (Lipinski definition) is 5. The van der Waals surface area contributed by atoms with Crippen molar-refractivity contribution < 1.29 is 9.66 Å². The summed E-state index contributed by atoms with van der Waals surface area (Å²) in [6.07, 6.45) is 1.45. The van der Waals surface area contributed by atoms with Crippen molar-refractivity contribution in [3.63, 3.8) is 0 Å². The third kappa shape index (κ3) is 3.87. The van der Waals surface area contributed by atoms with E-state index in [2.05, 4.69) is 10.5 Å². The van der Waals surface area contributed by atoms with Gasteiger partial charge in [-0.05, 0) is 24.3 Å². The summed E-state index contributed by atoms with van der Waals surface area (Å²) < 4.78 is 5.05. The highest BCUT2D eigenvalue weighted by molar-refractivity contribution is 6.32. The molecule has 114 valence electrons. The van der Waals surface area contributed by atoms with Crippen LogP contribution in [0.3, 0.4) is 0 Å². The molecule has 0 aliphatic heterocycles. The fourth-order valence-electron chi connectivity index (χ4n) is 1.67. The highest BCUT2D eigenvalue weighted by Crippen LogP contribution is 2.27. The Labute approximate surface area is 136 Å². The number of anilines is 1. The highest BCUT2D eigenvalue weighted by Gasteiger charge is 2.11. The topological polar surface area (TPSA) is 76.8 Å². The van der Waals surface area contributed by atoms with Crippen LogP contribution in [0.2, 0.25) is 10.0 Å². The van der Waals surface area contributed by atoms with Crippen molar-refractivity contribution in [2.24, 2.45) is 5.10 Å². The number of hydrazone groups is 1. The minimum atomic E-state index is -0.545. The third-order valence-electron chi connectivity index (χ3n) is 2.73. The van der Waals surface area contributed by atoms with E-state index in [0.717, 1.165) is 0 Å². The van der Waals surface area contributed by atoms with Crippen LogP contribution in [-0.2, 0) is 0 Å². The zero-order chi connectivity index (χ0) is 16.1. The molecule has 0 fully saturated rings. The molecule has 0 heterocycles. The Morgan fingerprint density at radius 2 is 2.00 bits per heavy atom. The van der Waals surface area contributed by atoms with Gasteiger partial charge in [-0.15, -0.1) is 0 Å². The zero-order valence-corrected chi connectivity index (χ0v) is 12.9. The first-order valence-corrected chi connectivity index (χ1v) is 6.83. The van der Waals surface area contributed by atoms with Crippen LogP contribution in [-0.4, -0.2) is 18.2 Å². The fraction of sp³-hybridized carbons (Fsp3) is 0.0714. The SMILES string of the molecule is COc1ccc(N/N=C/c2ccc(Cl)c([N+](=O)[O-])c2)cc1Cl. The molecule has 0 spiro atoms. The molecule has 2 aromatic carbocycles. The molecule has 0 saturated heterocycles. The molecular weight excluding hydrogens is 329 g/mol. The number of nitro benzene ring substituents is 1. The number of nitrogens with zero attached hydrogens (tertiary/aromatic N) is 2. The second-order valence-corrected chi connectivity index (χ2v) is 5.00. The molecular formula is C14H11Cl2N3O3. The van der Waals surface area contributed by atoms with Crippen molar-refractivity contribution in [1.82, 2.24) is 0 Å². The first-order chi connectivity index (χ1) is 10.5. The Morgan fingerprint density at radius 1 is 1.23 bits per heavy atom. The first-order valence-electron chi connectivity index (χ1n) is 6.08. The summed E-state index contributed by atoms with van der Waals surface area (Å²) in [4.78, 5) is 10.3. The molecule has 0 unspecified atom stereocenters.